The molecule has 0 heterocycles. The molecule has 0 aromatic carbocycles. The van der Waals surface area contributed by atoms with Crippen molar-refractivity contribution in [3.05, 3.63) is 0 Å². The molecule has 0 aromatic heterocycles. The molecular weight excluding hydrogens is 234 g/mol. The molecule has 2 rings (SSSR count). The quantitative estimate of drug-likeness (QED) is 0.731. The number of rotatable bonds is 7. The summed E-state index contributed by atoms with van der Waals surface area (Å²) in [5.74, 6) is 2.36. The average Bonchev–Trinajstić information content (AvgIpc) is 2.78. The van der Waals surface area contributed by atoms with E-state index in [1.54, 1.807) is 0 Å². The molecule has 0 saturated heterocycles. The van der Waals surface area contributed by atoms with Gasteiger partial charge in [-0.15, -0.1) is 0 Å². The van der Waals surface area contributed by atoms with E-state index >= 15 is 0 Å². The van der Waals surface area contributed by atoms with Gasteiger partial charge in [0.1, 0.15) is 0 Å². The lowest BCUT2D eigenvalue weighted by atomic mass is 9.77. The number of amides is 1. The van der Waals surface area contributed by atoms with Gasteiger partial charge in [-0.3, -0.25) is 4.79 Å². The van der Waals surface area contributed by atoms with Crippen LogP contribution in [0.15, 0.2) is 0 Å². The molecule has 1 unspecified atom stereocenters. The molecule has 2 fully saturated rings. The summed E-state index contributed by atoms with van der Waals surface area (Å²) in [7, 11) is 0. The molecule has 19 heavy (non-hydrogen) atoms. The second-order valence-corrected chi connectivity index (χ2v) is 7.12. The Hall–Kier alpha value is -0.530. The van der Waals surface area contributed by atoms with Crippen molar-refractivity contribution in [3.63, 3.8) is 0 Å². The molecule has 1 amide bonds. The molecule has 2 saturated carbocycles. The second-order valence-electron chi connectivity index (χ2n) is 7.12. The highest BCUT2D eigenvalue weighted by molar-refractivity contribution is 5.78. The standard InChI is InChI=1S/C17H31NO/c1-13(2)18-17(19)16(12-15-8-5-9-15)11-10-14-6-3-4-7-14/h13-16H,3-12H2,1-2H3,(H,18,19). The van der Waals surface area contributed by atoms with Gasteiger partial charge in [0, 0.05) is 12.0 Å². The normalized spacial score (nSPS) is 22.5. The maximum atomic E-state index is 12.3. The second kappa shape index (κ2) is 7.31. The Morgan fingerprint density at radius 3 is 2.21 bits per heavy atom. The van der Waals surface area contributed by atoms with E-state index in [2.05, 4.69) is 19.2 Å². The van der Waals surface area contributed by atoms with E-state index in [9.17, 15) is 4.79 Å². The summed E-state index contributed by atoms with van der Waals surface area (Å²) >= 11 is 0. The van der Waals surface area contributed by atoms with Crippen LogP contribution in [0.4, 0.5) is 0 Å². The van der Waals surface area contributed by atoms with E-state index in [-0.39, 0.29) is 12.0 Å². The Morgan fingerprint density at radius 1 is 1.05 bits per heavy atom. The van der Waals surface area contributed by atoms with Gasteiger partial charge in [-0.25, -0.2) is 0 Å². The van der Waals surface area contributed by atoms with E-state index < -0.39 is 0 Å². The van der Waals surface area contributed by atoms with Gasteiger partial charge in [-0.05, 0) is 44.9 Å². The first-order chi connectivity index (χ1) is 9.15. The Bertz CT molecular complexity index is 277. The van der Waals surface area contributed by atoms with Crippen LogP contribution in [0.25, 0.3) is 0 Å². The van der Waals surface area contributed by atoms with Gasteiger partial charge < -0.3 is 5.32 Å². The van der Waals surface area contributed by atoms with Gasteiger partial charge in [-0.2, -0.15) is 0 Å². The molecular formula is C17H31NO. The predicted molar refractivity (Wildman–Crippen MR) is 79.9 cm³/mol. The van der Waals surface area contributed by atoms with Crippen molar-refractivity contribution in [1.82, 2.24) is 5.32 Å². The molecule has 0 aliphatic heterocycles. The summed E-state index contributed by atoms with van der Waals surface area (Å²) in [4.78, 5) is 12.3. The van der Waals surface area contributed by atoms with Crippen molar-refractivity contribution in [1.29, 1.82) is 0 Å². The van der Waals surface area contributed by atoms with Crippen molar-refractivity contribution < 1.29 is 4.79 Å². The van der Waals surface area contributed by atoms with Crippen molar-refractivity contribution >= 4 is 5.91 Å². The molecule has 2 nitrogen and oxygen atoms in total. The molecule has 2 aliphatic carbocycles. The van der Waals surface area contributed by atoms with Crippen LogP contribution in [0.2, 0.25) is 0 Å². The number of carbonyl (C=O) groups is 1. The smallest absolute Gasteiger partial charge is 0.223 e. The molecule has 0 bridgehead atoms. The Labute approximate surface area is 118 Å². The molecule has 0 aromatic rings. The minimum atomic E-state index is 0.280. The summed E-state index contributed by atoms with van der Waals surface area (Å²) in [6.07, 6.45) is 13.3. The maximum Gasteiger partial charge on any atom is 0.223 e. The molecule has 1 N–H and O–H groups in total. The minimum absolute atomic E-state index is 0.280. The Balaban J connectivity index is 1.79. The number of carbonyl (C=O) groups excluding carboxylic acids is 1. The fourth-order valence-electron chi connectivity index (χ4n) is 3.63. The minimum Gasteiger partial charge on any atom is -0.354 e. The van der Waals surface area contributed by atoms with Crippen LogP contribution in [0, 0.1) is 17.8 Å². The zero-order valence-corrected chi connectivity index (χ0v) is 12.8. The summed E-state index contributed by atoms with van der Waals surface area (Å²) in [5, 5.41) is 3.13. The summed E-state index contributed by atoms with van der Waals surface area (Å²) < 4.78 is 0. The van der Waals surface area contributed by atoms with E-state index in [1.807, 2.05) is 0 Å². The molecule has 0 radical (unpaired) electrons. The summed E-state index contributed by atoms with van der Waals surface area (Å²) in [6, 6.07) is 0.280. The molecule has 0 spiro atoms. The highest BCUT2D eigenvalue weighted by atomic mass is 16.1. The average molecular weight is 265 g/mol. The largest absolute Gasteiger partial charge is 0.354 e. The van der Waals surface area contributed by atoms with E-state index in [0.717, 1.165) is 24.7 Å². The fourth-order valence-corrected chi connectivity index (χ4v) is 3.63. The van der Waals surface area contributed by atoms with Gasteiger partial charge in [0.15, 0.2) is 0 Å². The van der Waals surface area contributed by atoms with Gasteiger partial charge >= 0.3 is 0 Å². The van der Waals surface area contributed by atoms with Crippen molar-refractivity contribution in [2.45, 2.75) is 84.1 Å². The van der Waals surface area contributed by atoms with Gasteiger partial charge in [-0.1, -0.05) is 44.9 Å². The van der Waals surface area contributed by atoms with Crippen LogP contribution in [0.5, 0.6) is 0 Å². The Kier molecular flexibility index (Phi) is 5.72. The summed E-state index contributed by atoms with van der Waals surface area (Å²) in [6.45, 7) is 4.13. The van der Waals surface area contributed by atoms with Gasteiger partial charge in [0.2, 0.25) is 5.91 Å². The first-order valence-electron chi connectivity index (χ1n) is 8.45. The van der Waals surface area contributed by atoms with Crippen molar-refractivity contribution in [3.8, 4) is 0 Å². The number of hydrogen-bond donors (Lipinski definition) is 1. The lowest BCUT2D eigenvalue weighted by Gasteiger charge is -2.30. The van der Waals surface area contributed by atoms with Crippen molar-refractivity contribution in [2.24, 2.45) is 17.8 Å². The van der Waals surface area contributed by atoms with E-state index in [4.69, 9.17) is 0 Å². The zero-order valence-electron chi connectivity index (χ0n) is 12.8. The molecule has 2 aliphatic rings. The van der Waals surface area contributed by atoms with Gasteiger partial charge in [0.25, 0.3) is 0 Å². The lowest BCUT2D eigenvalue weighted by Crippen LogP contribution is -2.37. The fraction of sp³-hybridized carbons (Fsp3) is 0.941. The SMILES string of the molecule is CC(C)NC(=O)C(CCC1CCCC1)CC1CCC1. The third kappa shape index (κ3) is 4.81. The van der Waals surface area contributed by atoms with E-state index in [0.29, 0.717) is 5.91 Å². The third-order valence-electron chi connectivity index (χ3n) is 5.04. The topological polar surface area (TPSA) is 29.1 Å². The molecule has 2 heteroatoms. The lowest BCUT2D eigenvalue weighted by molar-refractivity contribution is -0.126. The van der Waals surface area contributed by atoms with Gasteiger partial charge in [0.05, 0.1) is 0 Å². The first-order valence-corrected chi connectivity index (χ1v) is 8.45. The highest BCUT2D eigenvalue weighted by Gasteiger charge is 2.27. The van der Waals surface area contributed by atoms with Crippen LogP contribution in [0.1, 0.15) is 78.1 Å². The molecule has 110 valence electrons. The number of hydrogen-bond acceptors (Lipinski definition) is 1. The van der Waals surface area contributed by atoms with Crippen LogP contribution in [0.3, 0.4) is 0 Å². The molecule has 1 atom stereocenters. The van der Waals surface area contributed by atoms with Crippen LogP contribution < -0.4 is 5.32 Å². The summed E-state index contributed by atoms with van der Waals surface area (Å²) in [5.41, 5.74) is 0. The first kappa shape index (κ1) is 14.9. The maximum absolute atomic E-state index is 12.3. The van der Waals surface area contributed by atoms with Crippen LogP contribution >= 0.6 is 0 Å². The highest BCUT2D eigenvalue weighted by Crippen LogP contribution is 2.36. The predicted octanol–water partition coefficient (Wildman–Crippen LogP) is 4.29. The van der Waals surface area contributed by atoms with Crippen LogP contribution in [-0.4, -0.2) is 11.9 Å². The number of nitrogens with one attached hydrogen (secondary N) is 1. The van der Waals surface area contributed by atoms with E-state index in [1.165, 1.54) is 51.4 Å². The van der Waals surface area contributed by atoms with Crippen LogP contribution in [-0.2, 0) is 4.79 Å². The Morgan fingerprint density at radius 2 is 1.68 bits per heavy atom. The van der Waals surface area contributed by atoms with Crippen molar-refractivity contribution in [2.75, 3.05) is 0 Å². The zero-order chi connectivity index (χ0) is 13.7. The monoisotopic (exact) mass is 265 g/mol. The third-order valence-corrected chi connectivity index (χ3v) is 5.04.